The number of carbonyl (C=O) groups excluding carboxylic acids is 1. The molecule has 0 spiro atoms. The number of phenolic OH excluding ortho intramolecular Hbond substituents is 1. The second-order valence-electron chi connectivity index (χ2n) is 4.51. The maximum atomic E-state index is 12.0. The molecule has 0 unspecified atom stereocenters. The first-order valence-corrected chi connectivity index (χ1v) is 8.00. The number of phenols is 1. The number of aromatic hydroxyl groups is 1. The minimum atomic E-state index is -0.107. The van der Waals surface area contributed by atoms with Gasteiger partial charge in [0.25, 0.3) is 5.91 Å². The fourth-order valence-corrected chi connectivity index (χ4v) is 3.25. The molecule has 18 heavy (non-hydrogen) atoms. The number of halogens is 1. The van der Waals surface area contributed by atoms with Gasteiger partial charge in [-0.3, -0.25) is 4.79 Å². The Kier molecular flexibility index (Phi) is 4.56. The average molecular weight is 330 g/mol. The highest BCUT2D eigenvalue weighted by atomic mass is 79.9. The maximum Gasteiger partial charge on any atom is 0.251 e. The maximum absolute atomic E-state index is 12.0. The van der Waals surface area contributed by atoms with Crippen molar-refractivity contribution in [3.8, 4) is 5.75 Å². The molecule has 0 saturated heterocycles. The smallest absolute Gasteiger partial charge is 0.251 e. The van der Waals surface area contributed by atoms with Crippen LogP contribution in [0, 0.1) is 0 Å². The van der Waals surface area contributed by atoms with Crippen LogP contribution in [0.1, 0.15) is 29.6 Å². The fraction of sp³-hybridized carbons (Fsp3) is 0.462. The molecule has 2 atom stereocenters. The molecule has 1 aliphatic carbocycles. The first-order chi connectivity index (χ1) is 8.60. The molecule has 1 fully saturated rings. The molecule has 2 N–H and O–H groups in total. The van der Waals surface area contributed by atoms with Crippen molar-refractivity contribution in [2.75, 3.05) is 6.26 Å². The van der Waals surface area contributed by atoms with Gasteiger partial charge in [0.1, 0.15) is 5.75 Å². The van der Waals surface area contributed by atoms with Crippen LogP contribution in [-0.4, -0.2) is 28.6 Å². The summed E-state index contributed by atoms with van der Waals surface area (Å²) in [5.41, 5.74) is 0.503. The zero-order valence-corrected chi connectivity index (χ0v) is 12.6. The minimum Gasteiger partial charge on any atom is -0.507 e. The Hall–Kier alpha value is -0.680. The zero-order chi connectivity index (χ0) is 13.1. The Morgan fingerprint density at radius 3 is 2.89 bits per heavy atom. The molecule has 1 aliphatic rings. The van der Waals surface area contributed by atoms with Crippen LogP contribution in [0.2, 0.25) is 0 Å². The first-order valence-electron chi connectivity index (χ1n) is 5.92. The summed E-state index contributed by atoms with van der Waals surface area (Å²) in [6.07, 6.45) is 5.36. The lowest BCUT2D eigenvalue weighted by Crippen LogP contribution is -2.33. The highest BCUT2D eigenvalue weighted by molar-refractivity contribution is 9.10. The van der Waals surface area contributed by atoms with E-state index in [0.717, 1.165) is 19.3 Å². The number of nitrogens with one attached hydrogen (secondary N) is 1. The molecule has 1 aromatic carbocycles. The number of hydrogen-bond acceptors (Lipinski definition) is 3. The number of thioether (sulfide) groups is 1. The van der Waals surface area contributed by atoms with E-state index in [1.165, 1.54) is 6.07 Å². The van der Waals surface area contributed by atoms with E-state index in [0.29, 0.717) is 15.3 Å². The van der Waals surface area contributed by atoms with Gasteiger partial charge in [-0.05, 0) is 59.6 Å². The Labute approximate surface area is 119 Å². The van der Waals surface area contributed by atoms with Crippen molar-refractivity contribution >= 4 is 33.6 Å². The number of hydrogen-bond donors (Lipinski definition) is 2. The molecule has 1 saturated carbocycles. The standard InChI is InChI=1S/C13H16BrNO2S/c1-18-10-4-3-9(7-10)15-13(17)8-2-5-11(14)12(16)6-8/h2,5-6,9-10,16H,3-4,7H2,1H3,(H,15,17)/t9-,10+/m1/s1. The average Bonchev–Trinajstić information content (AvgIpc) is 2.80. The van der Waals surface area contributed by atoms with Crippen LogP contribution in [0.4, 0.5) is 0 Å². The Balaban J connectivity index is 1.97. The van der Waals surface area contributed by atoms with Crippen molar-refractivity contribution in [3.63, 3.8) is 0 Å². The van der Waals surface area contributed by atoms with Crippen molar-refractivity contribution in [2.24, 2.45) is 0 Å². The summed E-state index contributed by atoms with van der Waals surface area (Å²) in [4.78, 5) is 12.0. The van der Waals surface area contributed by atoms with E-state index in [9.17, 15) is 9.90 Å². The predicted octanol–water partition coefficient (Wildman–Crippen LogP) is 3.17. The summed E-state index contributed by atoms with van der Waals surface area (Å²) in [6, 6.07) is 5.14. The molecule has 98 valence electrons. The van der Waals surface area contributed by atoms with Gasteiger partial charge in [0.2, 0.25) is 0 Å². The van der Waals surface area contributed by atoms with Crippen LogP contribution in [0.15, 0.2) is 22.7 Å². The second kappa shape index (κ2) is 5.97. The quantitative estimate of drug-likeness (QED) is 0.895. The summed E-state index contributed by atoms with van der Waals surface area (Å²) < 4.78 is 0.599. The first kappa shape index (κ1) is 13.7. The number of amides is 1. The lowest BCUT2D eigenvalue weighted by molar-refractivity contribution is 0.0937. The van der Waals surface area contributed by atoms with Gasteiger partial charge >= 0.3 is 0 Å². The molecule has 5 heteroatoms. The SMILES string of the molecule is CS[C@H]1CC[C@@H](NC(=O)c2ccc(Br)c(O)c2)C1. The van der Waals surface area contributed by atoms with Gasteiger partial charge in [0.15, 0.2) is 0 Å². The van der Waals surface area contributed by atoms with E-state index >= 15 is 0 Å². The van der Waals surface area contributed by atoms with E-state index in [-0.39, 0.29) is 17.7 Å². The van der Waals surface area contributed by atoms with Gasteiger partial charge in [0, 0.05) is 16.9 Å². The third-order valence-corrected chi connectivity index (χ3v) is 5.03. The third-order valence-electron chi connectivity index (χ3n) is 3.26. The van der Waals surface area contributed by atoms with E-state index in [4.69, 9.17) is 0 Å². The van der Waals surface area contributed by atoms with Crippen LogP contribution >= 0.6 is 27.7 Å². The molecule has 0 aromatic heterocycles. The topological polar surface area (TPSA) is 49.3 Å². The molecule has 3 nitrogen and oxygen atoms in total. The van der Waals surface area contributed by atoms with Gasteiger partial charge in [-0.1, -0.05) is 0 Å². The molecule has 0 heterocycles. The Morgan fingerprint density at radius 1 is 1.50 bits per heavy atom. The van der Waals surface area contributed by atoms with E-state index < -0.39 is 0 Å². The van der Waals surface area contributed by atoms with Crippen LogP contribution < -0.4 is 5.32 Å². The van der Waals surface area contributed by atoms with Gasteiger partial charge in [-0.15, -0.1) is 0 Å². The third kappa shape index (κ3) is 3.20. The Bertz CT molecular complexity index is 453. The summed E-state index contributed by atoms with van der Waals surface area (Å²) in [6.45, 7) is 0. The molecular weight excluding hydrogens is 314 g/mol. The molecule has 1 amide bonds. The van der Waals surface area contributed by atoms with Gasteiger partial charge in [0.05, 0.1) is 4.47 Å². The van der Waals surface area contributed by atoms with Crippen LogP contribution in [0.25, 0.3) is 0 Å². The fourth-order valence-electron chi connectivity index (χ4n) is 2.21. The molecular formula is C13H16BrNO2S. The molecule has 2 rings (SSSR count). The van der Waals surface area contributed by atoms with Gasteiger partial charge in [-0.2, -0.15) is 11.8 Å². The highest BCUT2D eigenvalue weighted by Gasteiger charge is 2.25. The lowest BCUT2D eigenvalue weighted by atomic mass is 10.1. The minimum absolute atomic E-state index is 0.0936. The summed E-state index contributed by atoms with van der Waals surface area (Å²) in [5, 5.41) is 13.2. The number of rotatable bonds is 3. The molecule has 0 bridgehead atoms. The largest absolute Gasteiger partial charge is 0.507 e. The molecule has 1 aromatic rings. The van der Waals surface area contributed by atoms with Gasteiger partial charge in [-0.25, -0.2) is 0 Å². The molecule has 0 radical (unpaired) electrons. The molecule has 0 aliphatic heterocycles. The van der Waals surface area contributed by atoms with Crippen molar-refractivity contribution in [3.05, 3.63) is 28.2 Å². The Morgan fingerprint density at radius 2 is 2.28 bits per heavy atom. The summed E-state index contributed by atoms with van der Waals surface area (Å²) in [5.74, 6) is -0.0133. The lowest BCUT2D eigenvalue weighted by Gasteiger charge is -2.13. The van der Waals surface area contributed by atoms with Gasteiger partial charge < -0.3 is 10.4 Å². The normalized spacial score (nSPS) is 23.0. The second-order valence-corrected chi connectivity index (χ2v) is 6.50. The number of carbonyl (C=O) groups is 1. The van der Waals surface area contributed by atoms with E-state index in [2.05, 4.69) is 27.5 Å². The monoisotopic (exact) mass is 329 g/mol. The van der Waals surface area contributed by atoms with Crippen LogP contribution in [-0.2, 0) is 0 Å². The van der Waals surface area contributed by atoms with Crippen molar-refractivity contribution in [1.29, 1.82) is 0 Å². The predicted molar refractivity (Wildman–Crippen MR) is 78.2 cm³/mol. The van der Waals surface area contributed by atoms with E-state index in [1.54, 1.807) is 12.1 Å². The van der Waals surface area contributed by atoms with Crippen molar-refractivity contribution in [1.82, 2.24) is 5.32 Å². The van der Waals surface area contributed by atoms with E-state index in [1.807, 2.05) is 11.8 Å². The van der Waals surface area contributed by atoms with Crippen LogP contribution in [0.5, 0.6) is 5.75 Å². The van der Waals surface area contributed by atoms with Crippen molar-refractivity contribution in [2.45, 2.75) is 30.6 Å². The zero-order valence-electron chi connectivity index (χ0n) is 10.1. The highest BCUT2D eigenvalue weighted by Crippen LogP contribution is 2.29. The van der Waals surface area contributed by atoms with Crippen LogP contribution in [0.3, 0.4) is 0 Å². The number of benzene rings is 1. The summed E-state index contributed by atoms with van der Waals surface area (Å²) in [7, 11) is 0. The van der Waals surface area contributed by atoms with Crippen molar-refractivity contribution < 1.29 is 9.90 Å². The summed E-state index contributed by atoms with van der Waals surface area (Å²) >= 11 is 5.07.